The Kier molecular flexibility index (Phi) is 10.7. The highest BCUT2D eigenvalue weighted by molar-refractivity contribution is 8.01. The number of hydrogen-bond donors (Lipinski definition) is 2. The lowest BCUT2D eigenvalue weighted by molar-refractivity contribution is -0.134. The first-order valence-electron chi connectivity index (χ1n) is 8.55. The summed E-state index contributed by atoms with van der Waals surface area (Å²) in [5, 5.41) is 8.94. The molecule has 1 amide bonds. The average Bonchev–Trinajstić information content (AvgIpc) is 3.40. The van der Waals surface area contributed by atoms with Gasteiger partial charge in [-0.05, 0) is 49.8 Å². The highest BCUT2D eigenvalue weighted by Gasteiger charge is 2.54. The van der Waals surface area contributed by atoms with Crippen molar-refractivity contribution in [2.45, 2.75) is 59.4 Å². The third-order valence-corrected chi connectivity index (χ3v) is 4.97. The molecule has 24 heavy (non-hydrogen) atoms. The highest BCUT2D eigenvalue weighted by atomic mass is 32.2. The lowest BCUT2D eigenvalue weighted by Gasteiger charge is -2.28. The second-order valence-corrected chi connectivity index (χ2v) is 6.45. The zero-order valence-corrected chi connectivity index (χ0v) is 16.5. The van der Waals surface area contributed by atoms with Gasteiger partial charge in [-0.2, -0.15) is 0 Å². The summed E-state index contributed by atoms with van der Waals surface area (Å²) in [5.41, 5.74) is 3.27. The third-order valence-electron chi connectivity index (χ3n) is 3.64. The number of amides is 1. The largest absolute Gasteiger partial charge is 0.289 e. The Hall–Kier alpha value is -1.30. The van der Waals surface area contributed by atoms with Crippen LogP contribution >= 0.6 is 11.9 Å². The monoisotopic (exact) mass is 352 g/mol. The lowest BCUT2D eigenvalue weighted by atomic mass is 10.1. The standard InChI is InChI=1S/C17H26N2O2S.C2H6/c1-6-9-14(13(4)5)12-15(7-2)22-19(8-3)17(10-11-17)16(20)18-21;1-2/h7,9,12,21H,2,4,6,8,10-11H2,1,3,5H3,(H,18,20);1-2H3/b14-9-,15-12+;. The van der Waals surface area contributed by atoms with Crippen LogP contribution in [0.15, 0.2) is 47.4 Å². The number of carbonyl (C=O) groups excluding carboxylic acids is 1. The molecule has 1 rings (SSSR count). The number of rotatable bonds is 9. The Morgan fingerprint density at radius 1 is 1.38 bits per heavy atom. The summed E-state index contributed by atoms with van der Waals surface area (Å²) in [5.74, 6) is -0.338. The molecule has 0 atom stereocenters. The van der Waals surface area contributed by atoms with Gasteiger partial charge in [-0.3, -0.25) is 10.0 Å². The van der Waals surface area contributed by atoms with Crippen molar-refractivity contribution in [3.8, 4) is 0 Å². The van der Waals surface area contributed by atoms with Crippen LogP contribution in [0, 0.1) is 0 Å². The summed E-state index contributed by atoms with van der Waals surface area (Å²) in [6.07, 6.45) is 8.38. The van der Waals surface area contributed by atoms with Crippen LogP contribution in [0.4, 0.5) is 0 Å². The van der Waals surface area contributed by atoms with Gasteiger partial charge in [0.05, 0.1) is 0 Å². The highest BCUT2D eigenvalue weighted by Crippen LogP contribution is 2.47. The first-order valence-corrected chi connectivity index (χ1v) is 9.32. The van der Waals surface area contributed by atoms with Gasteiger partial charge in [0.15, 0.2) is 0 Å². The van der Waals surface area contributed by atoms with Crippen LogP contribution in [0.5, 0.6) is 0 Å². The molecular weight excluding hydrogens is 320 g/mol. The minimum absolute atomic E-state index is 0.338. The van der Waals surface area contributed by atoms with Crippen LogP contribution < -0.4 is 5.48 Å². The average molecular weight is 353 g/mol. The molecule has 0 unspecified atom stereocenters. The predicted molar refractivity (Wildman–Crippen MR) is 105 cm³/mol. The van der Waals surface area contributed by atoms with E-state index in [9.17, 15) is 4.79 Å². The Morgan fingerprint density at radius 2 is 1.96 bits per heavy atom. The van der Waals surface area contributed by atoms with Crippen LogP contribution in [0.2, 0.25) is 0 Å². The van der Waals surface area contributed by atoms with Gasteiger partial charge in [0, 0.05) is 11.4 Å². The van der Waals surface area contributed by atoms with Gasteiger partial charge in [0.25, 0.3) is 5.91 Å². The molecule has 0 aromatic heterocycles. The third kappa shape index (κ3) is 5.96. The van der Waals surface area contributed by atoms with Crippen LogP contribution in [0.1, 0.15) is 53.9 Å². The molecule has 5 heteroatoms. The van der Waals surface area contributed by atoms with Crippen molar-refractivity contribution in [2.24, 2.45) is 0 Å². The van der Waals surface area contributed by atoms with Crippen LogP contribution in [-0.2, 0) is 4.79 Å². The Balaban J connectivity index is 0.00000254. The summed E-state index contributed by atoms with van der Waals surface area (Å²) in [6, 6.07) is 0. The van der Waals surface area contributed by atoms with Gasteiger partial charge in [0.1, 0.15) is 5.54 Å². The topological polar surface area (TPSA) is 52.6 Å². The molecule has 4 nitrogen and oxygen atoms in total. The van der Waals surface area contributed by atoms with Gasteiger partial charge < -0.3 is 0 Å². The molecule has 0 bridgehead atoms. The van der Waals surface area contributed by atoms with Crippen LogP contribution in [0.3, 0.4) is 0 Å². The first kappa shape index (κ1) is 22.7. The van der Waals surface area contributed by atoms with E-state index in [1.807, 2.05) is 38.1 Å². The van der Waals surface area contributed by atoms with Gasteiger partial charge in [-0.25, -0.2) is 9.79 Å². The minimum Gasteiger partial charge on any atom is -0.289 e. The lowest BCUT2D eigenvalue weighted by Crippen LogP contribution is -2.45. The zero-order chi connectivity index (χ0) is 18.8. The molecule has 2 N–H and O–H groups in total. The molecule has 0 saturated heterocycles. The van der Waals surface area contributed by atoms with Crippen molar-refractivity contribution in [1.29, 1.82) is 0 Å². The fraction of sp³-hybridized carbons (Fsp3) is 0.526. The van der Waals surface area contributed by atoms with E-state index in [1.165, 1.54) is 11.9 Å². The molecular formula is C19H32N2O2S. The van der Waals surface area contributed by atoms with E-state index < -0.39 is 5.54 Å². The fourth-order valence-electron chi connectivity index (χ4n) is 2.25. The number of likely N-dealkylation sites (N-methyl/N-ethyl adjacent to an activating group) is 1. The molecule has 0 heterocycles. The smallest absolute Gasteiger partial charge is 0.264 e. The summed E-state index contributed by atoms with van der Waals surface area (Å²) in [4.78, 5) is 12.9. The quantitative estimate of drug-likeness (QED) is 0.265. The Labute approximate surface area is 151 Å². The molecule has 0 aromatic rings. The maximum absolute atomic E-state index is 11.9. The second-order valence-electron chi connectivity index (χ2n) is 5.36. The molecule has 0 radical (unpaired) electrons. The number of nitrogens with zero attached hydrogens (tertiary/aromatic N) is 1. The van der Waals surface area contributed by atoms with Crippen molar-refractivity contribution < 1.29 is 10.0 Å². The summed E-state index contributed by atoms with van der Waals surface area (Å²) < 4.78 is 2.01. The SMILES string of the molecule is C=C/C(=C\C(=C\CC)C(=C)C)SN(CC)C1(C(=O)NO)CC1.CC. The second kappa shape index (κ2) is 11.3. The van der Waals surface area contributed by atoms with E-state index in [-0.39, 0.29) is 5.91 Å². The molecule has 1 fully saturated rings. The summed E-state index contributed by atoms with van der Waals surface area (Å²) in [6.45, 7) is 18.6. The van der Waals surface area contributed by atoms with Gasteiger partial charge >= 0.3 is 0 Å². The number of hydroxylamine groups is 1. The van der Waals surface area contributed by atoms with E-state index in [0.29, 0.717) is 6.54 Å². The molecule has 0 spiro atoms. The predicted octanol–water partition coefficient (Wildman–Crippen LogP) is 5.00. The van der Waals surface area contributed by atoms with E-state index in [4.69, 9.17) is 5.21 Å². The van der Waals surface area contributed by atoms with E-state index in [1.54, 1.807) is 11.6 Å². The number of carbonyl (C=O) groups is 1. The molecule has 136 valence electrons. The van der Waals surface area contributed by atoms with Gasteiger partial charge in [-0.15, -0.1) is 0 Å². The van der Waals surface area contributed by atoms with Crippen molar-refractivity contribution >= 4 is 17.9 Å². The Bertz CT molecular complexity index is 505. The summed E-state index contributed by atoms with van der Waals surface area (Å²) in [7, 11) is 0. The maximum Gasteiger partial charge on any atom is 0.264 e. The molecule has 0 aromatic carbocycles. The van der Waals surface area contributed by atoms with E-state index in [0.717, 1.165) is 35.3 Å². The van der Waals surface area contributed by atoms with Crippen molar-refractivity contribution in [2.75, 3.05) is 6.54 Å². The number of allylic oxidation sites excluding steroid dienone is 5. The Morgan fingerprint density at radius 3 is 2.29 bits per heavy atom. The van der Waals surface area contributed by atoms with Gasteiger partial charge in [0.2, 0.25) is 0 Å². The molecule has 0 aliphatic heterocycles. The number of hydrogen-bond acceptors (Lipinski definition) is 4. The first-order chi connectivity index (χ1) is 11.4. The van der Waals surface area contributed by atoms with Crippen molar-refractivity contribution in [1.82, 2.24) is 9.79 Å². The van der Waals surface area contributed by atoms with Crippen LogP contribution in [-0.4, -0.2) is 27.5 Å². The maximum atomic E-state index is 11.9. The van der Waals surface area contributed by atoms with E-state index >= 15 is 0 Å². The number of nitrogens with one attached hydrogen (secondary N) is 1. The van der Waals surface area contributed by atoms with Crippen molar-refractivity contribution in [3.05, 3.63) is 47.4 Å². The van der Waals surface area contributed by atoms with Crippen LogP contribution in [0.25, 0.3) is 0 Å². The van der Waals surface area contributed by atoms with Crippen molar-refractivity contribution in [3.63, 3.8) is 0 Å². The zero-order valence-electron chi connectivity index (χ0n) is 15.7. The molecule has 1 saturated carbocycles. The minimum atomic E-state index is -0.603. The molecule has 1 aliphatic carbocycles. The summed E-state index contributed by atoms with van der Waals surface area (Å²) >= 11 is 1.50. The molecule has 1 aliphatic rings. The van der Waals surface area contributed by atoms with Gasteiger partial charge in [-0.1, -0.05) is 58.6 Å². The fourth-order valence-corrected chi connectivity index (χ4v) is 3.32. The van der Waals surface area contributed by atoms with E-state index in [2.05, 4.69) is 26.2 Å². The normalized spacial score (nSPS) is 16.1.